The van der Waals surface area contributed by atoms with E-state index in [1.54, 1.807) is 0 Å². The minimum Gasteiger partial charge on any atom is -0.492 e. The number of nitrogens with zero attached hydrogens (tertiary/aromatic N) is 2. The lowest BCUT2D eigenvalue weighted by atomic mass is 10.2. The second-order valence-corrected chi connectivity index (χ2v) is 6.11. The minimum absolute atomic E-state index is 0.548. The molecule has 4 nitrogen and oxygen atoms in total. The number of anilines is 1. The molecule has 1 aliphatic rings. The standard InChI is InChI=1S/C16H18BrN3O/c1-11-3-2-4-13(9-11)21-8-7-18-15-10-14(17)19-16(20-15)12-5-6-12/h2-4,9-10,12H,5-8H2,1H3,(H,18,19,20). The third-order valence-electron chi connectivity index (χ3n) is 3.32. The van der Waals surface area contributed by atoms with E-state index in [1.807, 2.05) is 24.3 Å². The largest absolute Gasteiger partial charge is 0.492 e. The number of aromatic nitrogens is 2. The monoisotopic (exact) mass is 347 g/mol. The summed E-state index contributed by atoms with van der Waals surface area (Å²) in [5.74, 6) is 3.24. The Hall–Kier alpha value is -1.62. The summed E-state index contributed by atoms with van der Waals surface area (Å²) in [7, 11) is 0. The van der Waals surface area contributed by atoms with Gasteiger partial charge >= 0.3 is 0 Å². The molecule has 0 saturated heterocycles. The number of aryl methyl sites for hydroxylation is 1. The lowest BCUT2D eigenvalue weighted by molar-refractivity contribution is 0.332. The molecule has 1 N–H and O–H groups in total. The molecule has 21 heavy (non-hydrogen) atoms. The van der Waals surface area contributed by atoms with Crippen LogP contribution in [0.3, 0.4) is 0 Å². The van der Waals surface area contributed by atoms with Crippen LogP contribution in [0.2, 0.25) is 0 Å². The molecule has 0 radical (unpaired) electrons. The molecule has 1 saturated carbocycles. The fourth-order valence-corrected chi connectivity index (χ4v) is 2.50. The van der Waals surface area contributed by atoms with E-state index >= 15 is 0 Å². The summed E-state index contributed by atoms with van der Waals surface area (Å²) in [5, 5.41) is 3.29. The topological polar surface area (TPSA) is 47.0 Å². The Labute approximate surface area is 133 Å². The van der Waals surface area contributed by atoms with Crippen LogP contribution in [-0.2, 0) is 0 Å². The van der Waals surface area contributed by atoms with Gasteiger partial charge in [-0.2, -0.15) is 0 Å². The highest BCUT2D eigenvalue weighted by atomic mass is 79.9. The van der Waals surface area contributed by atoms with E-state index in [1.165, 1.54) is 18.4 Å². The molecule has 1 aromatic heterocycles. The van der Waals surface area contributed by atoms with Gasteiger partial charge in [0.15, 0.2) is 0 Å². The van der Waals surface area contributed by atoms with Crippen LogP contribution in [0, 0.1) is 6.92 Å². The van der Waals surface area contributed by atoms with Crippen molar-refractivity contribution < 1.29 is 4.74 Å². The number of halogens is 1. The van der Waals surface area contributed by atoms with Crippen molar-refractivity contribution in [2.24, 2.45) is 0 Å². The van der Waals surface area contributed by atoms with E-state index < -0.39 is 0 Å². The maximum atomic E-state index is 5.71. The summed E-state index contributed by atoms with van der Waals surface area (Å²) in [4.78, 5) is 8.96. The number of hydrogen-bond acceptors (Lipinski definition) is 4. The molecule has 0 spiro atoms. The molecule has 1 aliphatic carbocycles. The first-order valence-electron chi connectivity index (χ1n) is 7.18. The highest BCUT2D eigenvalue weighted by Crippen LogP contribution is 2.38. The molecular weight excluding hydrogens is 330 g/mol. The van der Waals surface area contributed by atoms with Crippen molar-refractivity contribution in [1.29, 1.82) is 0 Å². The zero-order chi connectivity index (χ0) is 14.7. The van der Waals surface area contributed by atoms with Gasteiger partial charge in [-0.05, 0) is 53.4 Å². The van der Waals surface area contributed by atoms with Crippen LogP contribution < -0.4 is 10.1 Å². The SMILES string of the molecule is Cc1cccc(OCCNc2cc(Br)nc(C3CC3)n2)c1. The molecular formula is C16H18BrN3O. The van der Waals surface area contributed by atoms with Gasteiger partial charge < -0.3 is 10.1 Å². The van der Waals surface area contributed by atoms with Gasteiger partial charge in [-0.15, -0.1) is 0 Å². The molecule has 1 aromatic carbocycles. The second kappa shape index (κ2) is 6.43. The zero-order valence-electron chi connectivity index (χ0n) is 12.0. The highest BCUT2D eigenvalue weighted by Gasteiger charge is 2.27. The summed E-state index contributed by atoms with van der Waals surface area (Å²) in [5.41, 5.74) is 1.20. The summed E-state index contributed by atoms with van der Waals surface area (Å²) >= 11 is 3.44. The fraction of sp³-hybridized carbons (Fsp3) is 0.375. The minimum atomic E-state index is 0.548. The molecule has 0 amide bonds. The first kappa shape index (κ1) is 14.3. The molecule has 110 valence electrons. The molecule has 0 aliphatic heterocycles. The van der Waals surface area contributed by atoms with Crippen LogP contribution in [0.5, 0.6) is 5.75 Å². The first-order chi connectivity index (χ1) is 10.2. The summed E-state index contributed by atoms with van der Waals surface area (Å²) in [6.45, 7) is 3.37. The normalized spacial score (nSPS) is 14.0. The van der Waals surface area contributed by atoms with Crippen LogP contribution >= 0.6 is 15.9 Å². The molecule has 5 heteroatoms. The lowest BCUT2D eigenvalue weighted by Gasteiger charge is -2.09. The van der Waals surface area contributed by atoms with E-state index in [2.05, 4.69) is 44.2 Å². The van der Waals surface area contributed by atoms with E-state index in [0.717, 1.165) is 22.0 Å². The smallest absolute Gasteiger partial charge is 0.135 e. The van der Waals surface area contributed by atoms with Gasteiger partial charge in [0.05, 0.1) is 6.54 Å². The van der Waals surface area contributed by atoms with Crippen LogP contribution in [0.25, 0.3) is 0 Å². The Kier molecular flexibility index (Phi) is 4.39. The summed E-state index contributed by atoms with van der Waals surface area (Å²) in [6, 6.07) is 9.97. The molecule has 0 unspecified atom stereocenters. The maximum Gasteiger partial charge on any atom is 0.135 e. The number of rotatable bonds is 6. The highest BCUT2D eigenvalue weighted by molar-refractivity contribution is 9.10. The van der Waals surface area contributed by atoms with E-state index in [4.69, 9.17) is 4.74 Å². The number of ether oxygens (including phenoxy) is 1. The number of hydrogen-bond donors (Lipinski definition) is 1. The molecule has 3 rings (SSSR count). The fourth-order valence-electron chi connectivity index (χ4n) is 2.10. The number of benzene rings is 1. The van der Waals surface area contributed by atoms with Gasteiger partial charge in [-0.1, -0.05) is 12.1 Å². The molecule has 0 atom stereocenters. The van der Waals surface area contributed by atoms with Gasteiger partial charge in [0.2, 0.25) is 0 Å². The lowest BCUT2D eigenvalue weighted by Crippen LogP contribution is -2.13. The van der Waals surface area contributed by atoms with Gasteiger partial charge in [0, 0.05) is 12.0 Å². The van der Waals surface area contributed by atoms with Crippen molar-refractivity contribution in [3.63, 3.8) is 0 Å². The Morgan fingerprint density at radius 3 is 2.90 bits per heavy atom. The predicted octanol–water partition coefficient (Wildman–Crippen LogP) is 3.92. The third-order valence-corrected chi connectivity index (χ3v) is 3.73. The third kappa shape index (κ3) is 4.17. The Morgan fingerprint density at radius 1 is 1.29 bits per heavy atom. The van der Waals surface area contributed by atoms with Crippen LogP contribution in [-0.4, -0.2) is 23.1 Å². The van der Waals surface area contributed by atoms with Gasteiger partial charge in [0.1, 0.15) is 28.6 Å². The quantitative estimate of drug-likeness (QED) is 0.635. The average molecular weight is 348 g/mol. The van der Waals surface area contributed by atoms with Crippen molar-refractivity contribution in [3.8, 4) is 5.75 Å². The van der Waals surface area contributed by atoms with Gasteiger partial charge in [0.25, 0.3) is 0 Å². The van der Waals surface area contributed by atoms with Crippen molar-refractivity contribution in [3.05, 3.63) is 46.3 Å². The Balaban J connectivity index is 1.51. The van der Waals surface area contributed by atoms with Gasteiger partial charge in [-0.3, -0.25) is 0 Å². The van der Waals surface area contributed by atoms with Crippen molar-refractivity contribution in [1.82, 2.24) is 9.97 Å². The molecule has 1 heterocycles. The Bertz CT molecular complexity index is 629. The summed E-state index contributed by atoms with van der Waals surface area (Å²) < 4.78 is 6.55. The van der Waals surface area contributed by atoms with Crippen LogP contribution in [0.1, 0.15) is 30.1 Å². The molecule has 1 fully saturated rings. The van der Waals surface area contributed by atoms with E-state index in [0.29, 0.717) is 19.1 Å². The van der Waals surface area contributed by atoms with E-state index in [9.17, 15) is 0 Å². The number of nitrogens with one attached hydrogen (secondary N) is 1. The Morgan fingerprint density at radius 2 is 2.14 bits per heavy atom. The zero-order valence-corrected chi connectivity index (χ0v) is 13.6. The molecule has 0 bridgehead atoms. The predicted molar refractivity (Wildman–Crippen MR) is 86.9 cm³/mol. The van der Waals surface area contributed by atoms with E-state index in [-0.39, 0.29) is 0 Å². The summed E-state index contributed by atoms with van der Waals surface area (Å²) in [6.07, 6.45) is 2.40. The van der Waals surface area contributed by atoms with Crippen molar-refractivity contribution >= 4 is 21.7 Å². The van der Waals surface area contributed by atoms with Crippen LogP contribution in [0.4, 0.5) is 5.82 Å². The average Bonchev–Trinajstić information content (AvgIpc) is 3.28. The first-order valence-corrected chi connectivity index (χ1v) is 7.98. The van der Waals surface area contributed by atoms with Crippen molar-refractivity contribution in [2.75, 3.05) is 18.5 Å². The van der Waals surface area contributed by atoms with Crippen molar-refractivity contribution in [2.45, 2.75) is 25.7 Å². The maximum absolute atomic E-state index is 5.71. The molecule has 2 aromatic rings. The van der Waals surface area contributed by atoms with Crippen LogP contribution in [0.15, 0.2) is 34.9 Å². The second-order valence-electron chi connectivity index (χ2n) is 5.30. The van der Waals surface area contributed by atoms with Gasteiger partial charge in [-0.25, -0.2) is 9.97 Å².